The molecule has 0 aliphatic heterocycles. The summed E-state index contributed by atoms with van der Waals surface area (Å²) in [4.78, 5) is 28.6. The number of amides is 1. The molecule has 1 amide bonds. The van der Waals surface area contributed by atoms with Crippen LogP contribution in [0, 0.1) is 21.7 Å². The highest BCUT2D eigenvalue weighted by Crippen LogP contribution is 2.24. The van der Waals surface area contributed by atoms with E-state index in [0.29, 0.717) is 12.1 Å². The highest BCUT2D eigenvalue weighted by molar-refractivity contribution is 6.32. The van der Waals surface area contributed by atoms with Gasteiger partial charge in [-0.05, 0) is 6.07 Å². The Hall–Kier alpha value is -2.68. The Morgan fingerprint density at radius 2 is 1.95 bits per heavy atom. The number of anilines is 1. The first kappa shape index (κ1) is 14.7. The van der Waals surface area contributed by atoms with Crippen molar-refractivity contribution in [2.24, 2.45) is 0 Å². The van der Waals surface area contributed by atoms with Gasteiger partial charge in [-0.1, -0.05) is 11.6 Å². The van der Waals surface area contributed by atoms with Crippen LogP contribution in [0.2, 0.25) is 5.15 Å². The van der Waals surface area contributed by atoms with Crippen LogP contribution in [-0.2, 0) is 0 Å². The quantitative estimate of drug-likeness (QED) is 0.693. The summed E-state index contributed by atoms with van der Waals surface area (Å²) in [7, 11) is 0. The van der Waals surface area contributed by atoms with Crippen molar-refractivity contribution in [2.45, 2.75) is 0 Å². The molecule has 10 heteroatoms. The van der Waals surface area contributed by atoms with Gasteiger partial charge in [0.15, 0.2) is 11.0 Å². The molecule has 0 radical (unpaired) electrons. The molecule has 2 aromatic rings. The molecular weight excluding hydrogens is 310 g/mol. The number of nitrogens with zero attached hydrogens (tertiary/aromatic N) is 3. The molecule has 0 fully saturated rings. The lowest BCUT2D eigenvalue weighted by molar-refractivity contribution is -0.387. The van der Waals surface area contributed by atoms with Crippen molar-refractivity contribution in [1.82, 2.24) is 9.97 Å². The fraction of sp³-hybridized carbons (Fsp3) is 0. The van der Waals surface area contributed by atoms with E-state index in [4.69, 9.17) is 11.6 Å². The van der Waals surface area contributed by atoms with Crippen LogP contribution >= 0.6 is 11.6 Å². The molecule has 0 spiro atoms. The second-order valence-electron chi connectivity index (χ2n) is 3.69. The van der Waals surface area contributed by atoms with Gasteiger partial charge in [-0.3, -0.25) is 14.9 Å². The van der Waals surface area contributed by atoms with E-state index in [0.717, 1.165) is 0 Å². The summed E-state index contributed by atoms with van der Waals surface area (Å²) in [5.41, 5.74) is -1.99. The van der Waals surface area contributed by atoms with Gasteiger partial charge in [0.1, 0.15) is 5.82 Å². The molecule has 1 aromatic carbocycles. The number of nitro groups is 1. The molecule has 0 atom stereocenters. The van der Waals surface area contributed by atoms with E-state index in [2.05, 4.69) is 15.3 Å². The molecule has 21 heavy (non-hydrogen) atoms. The number of carbonyl (C=O) groups excluding carboxylic acids is 1. The Bertz CT molecular complexity index is 741. The molecule has 7 nitrogen and oxygen atoms in total. The Labute approximate surface area is 120 Å². The molecule has 0 saturated heterocycles. The van der Waals surface area contributed by atoms with E-state index < -0.39 is 33.7 Å². The maximum absolute atomic E-state index is 13.8. The van der Waals surface area contributed by atoms with E-state index in [1.54, 1.807) is 0 Å². The van der Waals surface area contributed by atoms with E-state index in [1.165, 1.54) is 12.4 Å². The van der Waals surface area contributed by atoms with Crippen LogP contribution < -0.4 is 5.32 Å². The average Bonchev–Trinajstić information content (AvgIpc) is 2.43. The van der Waals surface area contributed by atoms with Crippen molar-refractivity contribution in [3.8, 4) is 0 Å². The SMILES string of the molecule is O=C(Nc1nccnc1Cl)c1cc(F)cc([N+](=O)[O-])c1F. The number of hydrogen-bond acceptors (Lipinski definition) is 5. The van der Waals surface area contributed by atoms with Gasteiger partial charge in [-0.15, -0.1) is 0 Å². The summed E-state index contributed by atoms with van der Waals surface area (Å²) in [6.07, 6.45) is 2.47. The van der Waals surface area contributed by atoms with Gasteiger partial charge < -0.3 is 5.32 Å². The molecular formula is C11H5ClF2N4O3. The van der Waals surface area contributed by atoms with Crippen molar-refractivity contribution < 1.29 is 18.5 Å². The highest BCUT2D eigenvalue weighted by atomic mass is 35.5. The zero-order valence-corrected chi connectivity index (χ0v) is 10.8. The Kier molecular flexibility index (Phi) is 4.03. The summed E-state index contributed by atoms with van der Waals surface area (Å²) in [6.45, 7) is 0. The van der Waals surface area contributed by atoms with Crippen LogP contribution in [0.3, 0.4) is 0 Å². The van der Waals surface area contributed by atoms with Crippen LogP contribution in [0.5, 0.6) is 0 Å². The minimum absolute atomic E-state index is 0.169. The predicted molar refractivity (Wildman–Crippen MR) is 68.0 cm³/mol. The Balaban J connectivity index is 2.40. The fourth-order valence-corrected chi connectivity index (χ4v) is 1.61. The standard InChI is InChI=1S/C11H5ClF2N4O3/c12-9-10(16-2-1-15-9)17-11(19)6-3-5(13)4-7(8(6)14)18(20)21/h1-4H,(H,16,17,19). The zero-order chi connectivity index (χ0) is 15.6. The van der Waals surface area contributed by atoms with E-state index in [1.807, 2.05) is 0 Å². The molecule has 0 aliphatic rings. The van der Waals surface area contributed by atoms with Gasteiger partial charge in [0.2, 0.25) is 5.82 Å². The summed E-state index contributed by atoms with van der Waals surface area (Å²) >= 11 is 5.64. The van der Waals surface area contributed by atoms with E-state index in [9.17, 15) is 23.7 Å². The first-order chi connectivity index (χ1) is 9.90. The van der Waals surface area contributed by atoms with Crippen molar-refractivity contribution >= 4 is 29.0 Å². The van der Waals surface area contributed by atoms with E-state index >= 15 is 0 Å². The lowest BCUT2D eigenvalue weighted by Crippen LogP contribution is -2.16. The summed E-state index contributed by atoms with van der Waals surface area (Å²) < 4.78 is 27.1. The minimum Gasteiger partial charge on any atom is -0.304 e. The second-order valence-corrected chi connectivity index (χ2v) is 4.05. The molecule has 108 valence electrons. The van der Waals surface area contributed by atoms with Crippen LogP contribution in [0.15, 0.2) is 24.5 Å². The minimum atomic E-state index is -1.46. The van der Waals surface area contributed by atoms with Crippen LogP contribution in [-0.4, -0.2) is 20.8 Å². The molecule has 0 unspecified atom stereocenters. The van der Waals surface area contributed by atoms with Gasteiger partial charge in [0.25, 0.3) is 5.91 Å². The van der Waals surface area contributed by atoms with Crippen LogP contribution in [0.25, 0.3) is 0 Å². The first-order valence-electron chi connectivity index (χ1n) is 5.31. The fourth-order valence-electron chi connectivity index (χ4n) is 1.45. The topological polar surface area (TPSA) is 98.0 Å². The lowest BCUT2D eigenvalue weighted by atomic mass is 10.1. The molecule has 0 saturated carbocycles. The van der Waals surface area contributed by atoms with Gasteiger partial charge in [0.05, 0.1) is 16.6 Å². The van der Waals surface area contributed by atoms with Gasteiger partial charge in [0, 0.05) is 12.4 Å². The zero-order valence-electron chi connectivity index (χ0n) is 10.0. The Morgan fingerprint density at radius 1 is 1.29 bits per heavy atom. The lowest BCUT2D eigenvalue weighted by Gasteiger charge is -2.06. The maximum atomic E-state index is 13.8. The van der Waals surface area contributed by atoms with Gasteiger partial charge in [-0.25, -0.2) is 14.4 Å². The monoisotopic (exact) mass is 314 g/mol. The molecule has 1 aromatic heterocycles. The molecule has 1 N–H and O–H groups in total. The summed E-state index contributed by atoms with van der Waals surface area (Å²) in [5.74, 6) is -3.91. The van der Waals surface area contributed by atoms with E-state index in [-0.39, 0.29) is 11.0 Å². The number of hydrogen-bond donors (Lipinski definition) is 1. The molecule has 0 bridgehead atoms. The summed E-state index contributed by atoms with van der Waals surface area (Å²) in [5, 5.41) is 12.5. The number of benzene rings is 1. The third-order valence-electron chi connectivity index (χ3n) is 2.35. The highest BCUT2D eigenvalue weighted by Gasteiger charge is 2.24. The third kappa shape index (κ3) is 3.08. The molecule has 1 heterocycles. The van der Waals surface area contributed by atoms with Gasteiger partial charge >= 0.3 is 5.69 Å². The van der Waals surface area contributed by atoms with Crippen molar-refractivity contribution in [3.63, 3.8) is 0 Å². The van der Waals surface area contributed by atoms with Gasteiger partial charge in [-0.2, -0.15) is 4.39 Å². The predicted octanol–water partition coefficient (Wildman–Crippen LogP) is 2.57. The van der Waals surface area contributed by atoms with Crippen LogP contribution in [0.4, 0.5) is 20.3 Å². The smallest absolute Gasteiger partial charge is 0.304 e. The number of halogens is 3. The normalized spacial score (nSPS) is 10.2. The first-order valence-corrected chi connectivity index (χ1v) is 5.69. The largest absolute Gasteiger partial charge is 0.308 e. The number of aromatic nitrogens is 2. The third-order valence-corrected chi connectivity index (χ3v) is 2.62. The number of nitro benzene ring substituents is 1. The molecule has 0 aliphatic carbocycles. The maximum Gasteiger partial charge on any atom is 0.308 e. The van der Waals surface area contributed by atoms with Crippen molar-refractivity contribution in [2.75, 3.05) is 5.32 Å². The number of rotatable bonds is 3. The summed E-state index contributed by atoms with van der Waals surface area (Å²) in [6, 6.07) is 0.906. The Morgan fingerprint density at radius 3 is 2.57 bits per heavy atom. The second kappa shape index (κ2) is 5.75. The number of nitrogens with one attached hydrogen (secondary N) is 1. The van der Waals surface area contributed by atoms with Crippen molar-refractivity contribution in [3.05, 3.63) is 57.0 Å². The van der Waals surface area contributed by atoms with Crippen LogP contribution in [0.1, 0.15) is 10.4 Å². The molecule has 2 rings (SSSR count). The number of carbonyl (C=O) groups is 1. The average molecular weight is 315 g/mol. The van der Waals surface area contributed by atoms with Crippen molar-refractivity contribution in [1.29, 1.82) is 0 Å².